The van der Waals surface area contributed by atoms with Gasteiger partial charge in [0.05, 0.1) is 23.8 Å². The fraction of sp³-hybridized carbons (Fsp3) is 0.559. The highest BCUT2D eigenvalue weighted by atomic mass is 19.3. The minimum atomic E-state index is -2.94. The van der Waals surface area contributed by atoms with Crippen LogP contribution in [0.4, 0.5) is 25.1 Å². The normalized spacial score (nSPS) is 23.3. The lowest BCUT2D eigenvalue weighted by atomic mass is 9.83. The lowest BCUT2D eigenvalue weighted by Crippen LogP contribution is -2.51. The number of halogens is 2. The number of piperidine rings is 2. The Morgan fingerprint density at radius 1 is 0.979 bits per heavy atom. The van der Waals surface area contributed by atoms with Gasteiger partial charge in [0, 0.05) is 50.7 Å². The van der Waals surface area contributed by atoms with Crippen LogP contribution in [-0.4, -0.2) is 82.7 Å². The zero-order valence-electron chi connectivity index (χ0n) is 26.5. The van der Waals surface area contributed by atoms with Gasteiger partial charge in [-0.3, -0.25) is 24.7 Å². The summed E-state index contributed by atoms with van der Waals surface area (Å²) >= 11 is 0. The molecule has 0 radical (unpaired) electrons. The molecule has 3 aliphatic heterocycles. The van der Waals surface area contributed by atoms with Gasteiger partial charge in [0.2, 0.25) is 5.91 Å². The average Bonchev–Trinajstić information content (AvgIpc) is 3.49. The van der Waals surface area contributed by atoms with Gasteiger partial charge in [0.15, 0.2) is 11.5 Å². The molecule has 2 aromatic heterocycles. The number of carbonyl (C=O) groups is 3. The van der Waals surface area contributed by atoms with E-state index in [0.717, 1.165) is 63.0 Å². The van der Waals surface area contributed by atoms with Crippen molar-refractivity contribution in [3.05, 3.63) is 47.8 Å². The summed E-state index contributed by atoms with van der Waals surface area (Å²) in [7, 11) is 0. The summed E-state index contributed by atoms with van der Waals surface area (Å²) in [6, 6.07) is 7.67. The van der Waals surface area contributed by atoms with Crippen LogP contribution in [0.3, 0.4) is 0 Å². The second-order valence-corrected chi connectivity index (χ2v) is 13.6. The molecular weight excluding hydrogens is 606 g/mol. The number of alkyl halides is 2. The number of hydrogen-bond acceptors (Lipinski definition) is 7. The minimum Gasteiger partial charge on any atom is -0.364 e. The Kier molecular flexibility index (Phi) is 8.58. The lowest BCUT2D eigenvalue weighted by Gasteiger charge is -2.42. The molecule has 0 spiro atoms. The van der Waals surface area contributed by atoms with E-state index in [0.29, 0.717) is 42.0 Å². The summed E-state index contributed by atoms with van der Waals surface area (Å²) in [4.78, 5) is 41.8. The van der Waals surface area contributed by atoms with Gasteiger partial charge < -0.3 is 15.2 Å². The summed E-state index contributed by atoms with van der Waals surface area (Å²) in [6.45, 7) is 2.65. The molecule has 3 saturated heterocycles. The number of nitrogens with zero attached hydrogens (tertiary/aromatic N) is 6. The number of nitrogens with two attached hydrogens (primary N) is 1. The van der Waals surface area contributed by atoms with E-state index < -0.39 is 23.9 Å². The molecule has 11 nitrogen and oxygen atoms in total. The number of benzene rings is 1. The van der Waals surface area contributed by atoms with Crippen LogP contribution in [0.15, 0.2) is 36.5 Å². The van der Waals surface area contributed by atoms with Crippen LogP contribution in [0.2, 0.25) is 0 Å². The zero-order chi connectivity index (χ0) is 32.7. The Bertz CT molecular complexity index is 1660. The molecule has 1 saturated carbocycles. The van der Waals surface area contributed by atoms with Crippen LogP contribution in [0.25, 0.3) is 10.9 Å². The highest BCUT2D eigenvalue weighted by Gasteiger charge is 2.46. The van der Waals surface area contributed by atoms with Crippen LogP contribution in [0.5, 0.6) is 0 Å². The van der Waals surface area contributed by atoms with Gasteiger partial charge >= 0.3 is 6.03 Å². The van der Waals surface area contributed by atoms with Crippen molar-refractivity contribution >= 4 is 40.3 Å². The molecule has 3 aromatic rings. The Hall–Kier alpha value is -4.13. The summed E-state index contributed by atoms with van der Waals surface area (Å²) in [5.41, 5.74) is 8.09. The largest absolute Gasteiger partial charge is 0.364 e. The van der Waals surface area contributed by atoms with E-state index in [1.807, 2.05) is 17.0 Å². The first kappa shape index (κ1) is 31.5. The number of rotatable bonds is 7. The summed E-state index contributed by atoms with van der Waals surface area (Å²) < 4.78 is 33.4. The molecule has 4 fully saturated rings. The molecule has 0 bridgehead atoms. The number of imide groups is 1. The first-order valence-corrected chi connectivity index (χ1v) is 16.9. The smallest absolute Gasteiger partial charge is 0.328 e. The van der Waals surface area contributed by atoms with E-state index in [4.69, 9.17) is 5.73 Å². The van der Waals surface area contributed by atoms with Gasteiger partial charge in [0.1, 0.15) is 0 Å². The highest BCUT2D eigenvalue weighted by molar-refractivity contribution is 6.09. The van der Waals surface area contributed by atoms with Crippen molar-refractivity contribution in [2.75, 3.05) is 49.1 Å². The molecule has 13 heteroatoms. The minimum absolute atomic E-state index is 0.192. The van der Waals surface area contributed by atoms with Gasteiger partial charge in [-0.15, -0.1) is 10.2 Å². The van der Waals surface area contributed by atoms with E-state index in [1.165, 1.54) is 11.3 Å². The van der Waals surface area contributed by atoms with Crippen molar-refractivity contribution in [3.8, 4) is 0 Å². The summed E-state index contributed by atoms with van der Waals surface area (Å²) in [5.74, 6) is -2.46. The van der Waals surface area contributed by atoms with E-state index in [1.54, 1.807) is 29.0 Å². The first-order valence-electron chi connectivity index (χ1n) is 16.9. The number of likely N-dealkylation sites (tertiary alicyclic amines) is 1. The second kappa shape index (κ2) is 12.8. The fourth-order valence-electron chi connectivity index (χ4n) is 8.15. The maximum Gasteiger partial charge on any atom is 0.328 e. The Balaban J connectivity index is 0.981. The fourth-order valence-corrected chi connectivity index (χ4v) is 8.15. The van der Waals surface area contributed by atoms with Crippen molar-refractivity contribution in [1.29, 1.82) is 0 Å². The third kappa shape index (κ3) is 6.29. The molecular formula is C34H42F2N8O3. The Morgan fingerprint density at radius 3 is 2.49 bits per heavy atom. The summed E-state index contributed by atoms with van der Waals surface area (Å²) in [6.07, 6.45) is 9.45. The molecule has 1 aromatic carbocycles. The standard InChI is InChI=1S/C34H42F2N8O3/c35-34(36)21-41(14-12-28(34)43-17-11-24-26(43)7-4-8-27(24)44-18-13-30(45)38-33(44)47)20-22-9-15-42(16-10-22)29-19-25(23-5-2-1-3-6-23)31(32(37)46)40-39-29/h4,7-8,11,17,19,22-23,28H,1-3,5-6,9-10,12-16,18,20-21H2,(H2,37,46)(H,38,45,47). The van der Waals surface area contributed by atoms with E-state index in [9.17, 15) is 14.4 Å². The van der Waals surface area contributed by atoms with Crippen LogP contribution in [0, 0.1) is 5.92 Å². The van der Waals surface area contributed by atoms with Crippen LogP contribution >= 0.6 is 0 Å². The molecule has 1 aliphatic carbocycles. The van der Waals surface area contributed by atoms with Gasteiger partial charge in [-0.1, -0.05) is 25.3 Å². The Morgan fingerprint density at radius 2 is 1.77 bits per heavy atom. The second-order valence-electron chi connectivity index (χ2n) is 13.6. The van der Waals surface area contributed by atoms with Crippen molar-refractivity contribution in [2.45, 2.75) is 75.7 Å². The SMILES string of the molecule is NC(=O)c1nnc(N2CCC(CN3CCC(n4ccc5c(N6CCC(=O)NC6=O)cccc54)C(F)(F)C3)CC2)cc1C1CCCCC1. The topological polar surface area (TPSA) is 130 Å². The van der Waals surface area contributed by atoms with Crippen molar-refractivity contribution < 1.29 is 23.2 Å². The maximum atomic E-state index is 15.9. The number of anilines is 2. The van der Waals surface area contributed by atoms with E-state index in [-0.39, 0.29) is 37.0 Å². The number of urea groups is 1. The van der Waals surface area contributed by atoms with Crippen LogP contribution < -0.4 is 20.9 Å². The maximum absolute atomic E-state index is 15.9. The molecule has 47 heavy (non-hydrogen) atoms. The third-order valence-electron chi connectivity index (χ3n) is 10.6. The number of primary amides is 1. The monoisotopic (exact) mass is 648 g/mol. The third-order valence-corrected chi connectivity index (χ3v) is 10.6. The quantitative estimate of drug-likeness (QED) is 0.376. The summed E-state index contributed by atoms with van der Waals surface area (Å²) in [5, 5.41) is 11.7. The predicted molar refractivity (Wildman–Crippen MR) is 174 cm³/mol. The molecule has 4 aliphatic rings. The molecule has 5 heterocycles. The molecule has 3 N–H and O–H groups in total. The molecule has 1 unspecified atom stereocenters. The van der Waals surface area contributed by atoms with Crippen molar-refractivity contribution in [3.63, 3.8) is 0 Å². The molecule has 7 rings (SSSR count). The zero-order valence-corrected chi connectivity index (χ0v) is 26.5. The van der Waals surface area contributed by atoms with Crippen molar-refractivity contribution in [1.82, 2.24) is 25.0 Å². The van der Waals surface area contributed by atoms with Crippen LogP contribution in [-0.2, 0) is 4.79 Å². The van der Waals surface area contributed by atoms with Gasteiger partial charge in [0.25, 0.3) is 11.8 Å². The highest BCUT2D eigenvalue weighted by Crippen LogP contribution is 2.41. The van der Waals surface area contributed by atoms with Crippen LogP contribution in [0.1, 0.15) is 85.8 Å². The predicted octanol–water partition coefficient (Wildman–Crippen LogP) is 4.82. The molecule has 4 amide bonds. The number of aromatic nitrogens is 3. The van der Waals surface area contributed by atoms with Gasteiger partial charge in [-0.05, 0) is 73.8 Å². The molecule has 250 valence electrons. The van der Waals surface area contributed by atoms with Gasteiger partial charge in [-0.2, -0.15) is 0 Å². The number of hydrogen-bond donors (Lipinski definition) is 2. The lowest BCUT2D eigenvalue weighted by molar-refractivity contribution is -0.120. The number of nitrogens with one attached hydrogen (secondary N) is 1. The van der Waals surface area contributed by atoms with Gasteiger partial charge in [-0.25, -0.2) is 13.6 Å². The Labute approximate surface area is 272 Å². The van der Waals surface area contributed by atoms with E-state index >= 15 is 8.78 Å². The number of fused-ring (bicyclic) bond motifs is 1. The number of carbonyl (C=O) groups excluding carboxylic acids is 3. The molecule has 1 atom stereocenters. The average molecular weight is 649 g/mol. The first-order chi connectivity index (χ1) is 22.7. The van der Waals surface area contributed by atoms with Crippen molar-refractivity contribution in [2.24, 2.45) is 11.7 Å². The number of amides is 4. The van der Waals surface area contributed by atoms with E-state index in [2.05, 4.69) is 20.4 Å².